The molecule has 0 unspecified atom stereocenters. The maximum absolute atomic E-state index is 12.0. The number of hydrogen-bond acceptors (Lipinski definition) is 5. The van der Waals surface area contributed by atoms with E-state index in [1.165, 1.54) is 4.80 Å². The molecule has 1 saturated carbocycles. The van der Waals surface area contributed by atoms with E-state index in [2.05, 4.69) is 15.5 Å². The molecule has 1 heterocycles. The second kappa shape index (κ2) is 6.37. The van der Waals surface area contributed by atoms with E-state index >= 15 is 0 Å². The Kier molecular flexibility index (Phi) is 4.29. The summed E-state index contributed by atoms with van der Waals surface area (Å²) in [6.45, 7) is 1.33. The molecule has 8 heteroatoms. The van der Waals surface area contributed by atoms with Crippen molar-refractivity contribution >= 4 is 23.5 Å². The number of hydrogen-bond donors (Lipinski definition) is 1. The van der Waals surface area contributed by atoms with Gasteiger partial charge in [-0.25, -0.2) is 4.79 Å². The van der Waals surface area contributed by atoms with Crippen LogP contribution in [0.5, 0.6) is 0 Å². The minimum atomic E-state index is -0.679. The van der Waals surface area contributed by atoms with Crippen LogP contribution < -0.4 is 5.32 Å². The van der Waals surface area contributed by atoms with E-state index in [4.69, 9.17) is 16.3 Å². The summed E-state index contributed by atoms with van der Waals surface area (Å²) in [4.78, 5) is 24.9. The number of amides is 1. The number of aryl methyl sites for hydroxylation is 1. The van der Waals surface area contributed by atoms with E-state index in [0.717, 1.165) is 12.8 Å². The molecule has 23 heavy (non-hydrogen) atoms. The number of aromatic nitrogens is 3. The summed E-state index contributed by atoms with van der Waals surface area (Å²) in [6.07, 6.45) is 1.96. The van der Waals surface area contributed by atoms with Gasteiger partial charge in [-0.2, -0.15) is 9.90 Å². The van der Waals surface area contributed by atoms with E-state index in [1.54, 1.807) is 31.2 Å². The molecule has 7 nitrogen and oxygen atoms in total. The van der Waals surface area contributed by atoms with Crippen LogP contribution in [0.25, 0.3) is 5.69 Å². The van der Waals surface area contributed by atoms with E-state index in [1.807, 2.05) is 0 Å². The molecule has 1 aromatic heterocycles. The first-order chi connectivity index (χ1) is 11.0. The van der Waals surface area contributed by atoms with Gasteiger partial charge in [0.15, 0.2) is 12.3 Å². The molecule has 1 fully saturated rings. The van der Waals surface area contributed by atoms with Gasteiger partial charge in [0.05, 0.1) is 11.4 Å². The highest BCUT2D eigenvalue weighted by Gasteiger charge is 2.24. The molecule has 0 aliphatic heterocycles. The minimum absolute atomic E-state index is 0.0733. The van der Waals surface area contributed by atoms with Crippen molar-refractivity contribution in [3.05, 3.63) is 40.7 Å². The van der Waals surface area contributed by atoms with Crippen LogP contribution >= 0.6 is 11.6 Å². The lowest BCUT2D eigenvalue weighted by atomic mass is 10.3. The maximum atomic E-state index is 12.0. The molecule has 1 amide bonds. The Labute approximate surface area is 137 Å². The van der Waals surface area contributed by atoms with Crippen molar-refractivity contribution in [3.63, 3.8) is 0 Å². The number of nitrogens with zero attached hydrogens (tertiary/aromatic N) is 3. The average molecular weight is 335 g/mol. The summed E-state index contributed by atoms with van der Waals surface area (Å²) in [5, 5.41) is 11.6. The molecule has 1 aliphatic rings. The zero-order valence-corrected chi connectivity index (χ0v) is 13.2. The summed E-state index contributed by atoms with van der Waals surface area (Å²) in [5.74, 6) is -0.984. The van der Waals surface area contributed by atoms with Crippen molar-refractivity contribution in [1.29, 1.82) is 0 Å². The van der Waals surface area contributed by atoms with E-state index < -0.39 is 5.97 Å². The zero-order valence-electron chi connectivity index (χ0n) is 12.5. The molecule has 1 aliphatic carbocycles. The van der Waals surface area contributed by atoms with Crippen LogP contribution in [0.3, 0.4) is 0 Å². The van der Waals surface area contributed by atoms with Crippen molar-refractivity contribution in [2.24, 2.45) is 0 Å². The molecule has 0 bridgehead atoms. The Morgan fingerprint density at radius 2 is 2.17 bits per heavy atom. The number of carbonyl (C=O) groups is 2. The van der Waals surface area contributed by atoms with Crippen molar-refractivity contribution in [2.45, 2.75) is 25.8 Å². The Morgan fingerprint density at radius 1 is 1.39 bits per heavy atom. The van der Waals surface area contributed by atoms with Crippen molar-refractivity contribution in [3.8, 4) is 5.69 Å². The fraction of sp³-hybridized carbons (Fsp3) is 0.333. The molecule has 1 aromatic carbocycles. The number of nitrogens with one attached hydrogen (secondary N) is 1. The Hall–Kier alpha value is -2.41. The molecule has 0 atom stereocenters. The maximum Gasteiger partial charge on any atom is 0.361 e. The van der Waals surface area contributed by atoms with Gasteiger partial charge in [-0.1, -0.05) is 17.7 Å². The van der Waals surface area contributed by atoms with E-state index in [-0.39, 0.29) is 24.2 Å². The van der Waals surface area contributed by atoms with Gasteiger partial charge in [0, 0.05) is 11.1 Å². The minimum Gasteiger partial charge on any atom is -0.451 e. The fourth-order valence-electron chi connectivity index (χ4n) is 1.98. The molecule has 0 saturated heterocycles. The van der Waals surface area contributed by atoms with Crippen LogP contribution in [0, 0.1) is 6.92 Å². The number of esters is 1. The van der Waals surface area contributed by atoms with Crippen molar-refractivity contribution in [1.82, 2.24) is 20.3 Å². The Bertz CT molecular complexity index is 755. The summed E-state index contributed by atoms with van der Waals surface area (Å²) >= 11 is 5.93. The normalized spacial score (nSPS) is 13.7. The SMILES string of the molecule is Cc1nn(-c2cccc(Cl)c2)nc1C(=O)OCC(=O)NC1CC1. The summed E-state index contributed by atoms with van der Waals surface area (Å²) in [6, 6.07) is 7.17. The molecule has 0 radical (unpaired) electrons. The molecule has 2 aromatic rings. The lowest BCUT2D eigenvalue weighted by Gasteiger charge is -2.04. The third kappa shape index (κ3) is 3.87. The third-order valence-corrected chi connectivity index (χ3v) is 3.53. The largest absolute Gasteiger partial charge is 0.451 e. The highest BCUT2D eigenvalue weighted by Crippen LogP contribution is 2.18. The highest BCUT2D eigenvalue weighted by atomic mass is 35.5. The number of benzene rings is 1. The van der Waals surface area contributed by atoms with E-state index in [9.17, 15) is 9.59 Å². The van der Waals surface area contributed by atoms with Gasteiger partial charge in [0.25, 0.3) is 5.91 Å². The first-order valence-electron chi connectivity index (χ1n) is 7.19. The zero-order chi connectivity index (χ0) is 16.4. The van der Waals surface area contributed by atoms with Crippen LogP contribution in [-0.4, -0.2) is 39.5 Å². The van der Waals surface area contributed by atoms with Gasteiger partial charge in [-0.05, 0) is 38.0 Å². The van der Waals surface area contributed by atoms with Gasteiger partial charge in [-0.15, -0.1) is 5.10 Å². The quantitative estimate of drug-likeness (QED) is 0.840. The number of rotatable bonds is 5. The van der Waals surface area contributed by atoms with Gasteiger partial charge in [-0.3, -0.25) is 4.79 Å². The summed E-state index contributed by atoms with van der Waals surface area (Å²) < 4.78 is 4.98. The first kappa shape index (κ1) is 15.5. The highest BCUT2D eigenvalue weighted by molar-refractivity contribution is 6.30. The Morgan fingerprint density at radius 3 is 2.87 bits per heavy atom. The average Bonchev–Trinajstić information content (AvgIpc) is 3.24. The molecule has 1 N–H and O–H groups in total. The van der Waals surface area contributed by atoms with Gasteiger partial charge in [0.1, 0.15) is 0 Å². The predicted molar refractivity (Wildman–Crippen MR) is 82.6 cm³/mol. The lowest BCUT2D eigenvalue weighted by Crippen LogP contribution is -2.30. The Balaban J connectivity index is 1.67. The second-order valence-corrected chi connectivity index (χ2v) is 5.76. The van der Waals surface area contributed by atoms with E-state index in [0.29, 0.717) is 16.4 Å². The lowest BCUT2D eigenvalue weighted by molar-refractivity contribution is -0.124. The number of ether oxygens (including phenoxy) is 1. The molecule has 0 spiro atoms. The van der Waals surface area contributed by atoms with Crippen LogP contribution in [0.1, 0.15) is 29.0 Å². The molecule has 120 valence electrons. The smallest absolute Gasteiger partial charge is 0.361 e. The predicted octanol–water partition coefficient (Wildman–Crippen LogP) is 1.66. The monoisotopic (exact) mass is 334 g/mol. The van der Waals surface area contributed by atoms with Crippen molar-refractivity contribution in [2.75, 3.05) is 6.61 Å². The van der Waals surface area contributed by atoms with Crippen LogP contribution in [-0.2, 0) is 9.53 Å². The first-order valence-corrected chi connectivity index (χ1v) is 7.57. The third-order valence-electron chi connectivity index (χ3n) is 3.29. The van der Waals surface area contributed by atoms with Gasteiger partial charge < -0.3 is 10.1 Å². The van der Waals surface area contributed by atoms with Crippen LogP contribution in [0.4, 0.5) is 0 Å². The van der Waals surface area contributed by atoms with Crippen LogP contribution in [0.2, 0.25) is 5.02 Å². The summed E-state index contributed by atoms with van der Waals surface area (Å²) in [7, 11) is 0. The van der Waals surface area contributed by atoms with Gasteiger partial charge in [0.2, 0.25) is 0 Å². The van der Waals surface area contributed by atoms with Gasteiger partial charge >= 0.3 is 5.97 Å². The van der Waals surface area contributed by atoms with Crippen LogP contribution in [0.15, 0.2) is 24.3 Å². The standard InChI is InChI=1S/C15H15ClN4O3/c1-9-14(15(22)23-8-13(21)17-11-5-6-11)19-20(18-9)12-4-2-3-10(16)7-12/h2-4,7,11H,5-6,8H2,1H3,(H,17,21). The molecular weight excluding hydrogens is 320 g/mol. The number of halogens is 1. The topological polar surface area (TPSA) is 86.1 Å². The second-order valence-electron chi connectivity index (χ2n) is 5.32. The fourth-order valence-corrected chi connectivity index (χ4v) is 2.16. The number of carbonyl (C=O) groups excluding carboxylic acids is 2. The molecular formula is C15H15ClN4O3. The summed E-state index contributed by atoms with van der Waals surface area (Å²) in [5.41, 5.74) is 1.12. The molecule has 3 rings (SSSR count). The van der Waals surface area contributed by atoms with Crippen molar-refractivity contribution < 1.29 is 14.3 Å².